The minimum atomic E-state index is -0.896. The monoisotopic (exact) mass is 286 g/mol. The van der Waals surface area contributed by atoms with Gasteiger partial charge in [-0.25, -0.2) is 9.59 Å². The SMILES string of the molecule is CN(C(=O)N1CSCC1C(=O)O)C1CCCCCC1. The van der Waals surface area contributed by atoms with E-state index in [1.165, 1.54) is 42.3 Å². The van der Waals surface area contributed by atoms with Crippen molar-refractivity contribution < 1.29 is 14.7 Å². The van der Waals surface area contributed by atoms with Gasteiger partial charge < -0.3 is 14.9 Å². The highest BCUT2D eigenvalue weighted by atomic mass is 32.2. The van der Waals surface area contributed by atoms with Gasteiger partial charge in [-0.3, -0.25) is 0 Å². The van der Waals surface area contributed by atoms with Gasteiger partial charge in [0.25, 0.3) is 0 Å². The highest BCUT2D eigenvalue weighted by Gasteiger charge is 2.37. The van der Waals surface area contributed by atoms with Crippen molar-refractivity contribution in [3.8, 4) is 0 Å². The van der Waals surface area contributed by atoms with Crippen LogP contribution < -0.4 is 0 Å². The van der Waals surface area contributed by atoms with Gasteiger partial charge in [-0.1, -0.05) is 25.7 Å². The van der Waals surface area contributed by atoms with Crippen LogP contribution in [-0.4, -0.2) is 57.7 Å². The second-order valence-corrected chi connectivity index (χ2v) is 6.36. The van der Waals surface area contributed by atoms with Gasteiger partial charge in [0.2, 0.25) is 0 Å². The van der Waals surface area contributed by atoms with Crippen molar-refractivity contribution in [3.63, 3.8) is 0 Å². The van der Waals surface area contributed by atoms with Crippen molar-refractivity contribution in [2.45, 2.75) is 50.6 Å². The molecule has 1 unspecified atom stereocenters. The maximum atomic E-state index is 12.4. The molecule has 6 heteroatoms. The minimum absolute atomic E-state index is 0.121. The summed E-state index contributed by atoms with van der Waals surface area (Å²) in [7, 11) is 1.82. The lowest BCUT2D eigenvalue weighted by molar-refractivity contribution is -0.141. The van der Waals surface area contributed by atoms with E-state index in [1.807, 2.05) is 7.05 Å². The number of hydrogen-bond acceptors (Lipinski definition) is 3. The summed E-state index contributed by atoms with van der Waals surface area (Å²) in [6.45, 7) is 0. The molecule has 1 aliphatic carbocycles. The molecule has 2 fully saturated rings. The van der Waals surface area contributed by atoms with Crippen molar-refractivity contribution in [2.75, 3.05) is 18.7 Å². The summed E-state index contributed by atoms with van der Waals surface area (Å²) in [6.07, 6.45) is 6.91. The van der Waals surface area contributed by atoms with Crippen LogP contribution in [0.2, 0.25) is 0 Å². The number of hydrogen-bond donors (Lipinski definition) is 1. The molecule has 2 aliphatic rings. The Morgan fingerprint density at radius 2 is 1.84 bits per heavy atom. The number of amides is 2. The summed E-state index contributed by atoms with van der Waals surface area (Å²) in [5.41, 5.74) is 0. The molecule has 1 saturated heterocycles. The van der Waals surface area contributed by atoms with Crippen LogP contribution in [-0.2, 0) is 4.79 Å². The number of thioether (sulfide) groups is 1. The predicted molar refractivity (Wildman–Crippen MR) is 75.2 cm³/mol. The van der Waals surface area contributed by atoms with E-state index < -0.39 is 12.0 Å². The third kappa shape index (κ3) is 3.35. The Morgan fingerprint density at radius 1 is 1.21 bits per heavy atom. The van der Waals surface area contributed by atoms with Gasteiger partial charge in [0.15, 0.2) is 0 Å². The molecule has 0 aromatic carbocycles. The van der Waals surface area contributed by atoms with Crippen molar-refractivity contribution in [1.29, 1.82) is 0 Å². The number of carboxylic acid groups (broad SMARTS) is 1. The van der Waals surface area contributed by atoms with Crippen LogP contribution in [0.1, 0.15) is 38.5 Å². The van der Waals surface area contributed by atoms with Gasteiger partial charge >= 0.3 is 12.0 Å². The Bertz CT molecular complexity index is 343. The molecule has 0 bridgehead atoms. The molecule has 1 atom stereocenters. The van der Waals surface area contributed by atoms with Gasteiger partial charge in [-0.05, 0) is 12.8 Å². The first-order valence-corrected chi connectivity index (χ1v) is 8.10. The van der Waals surface area contributed by atoms with E-state index >= 15 is 0 Å². The fourth-order valence-corrected chi connectivity index (χ4v) is 3.98. The topological polar surface area (TPSA) is 60.9 Å². The fourth-order valence-electron chi connectivity index (χ4n) is 2.84. The zero-order chi connectivity index (χ0) is 13.8. The molecule has 19 heavy (non-hydrogen) atoms. The second kappa shape index (κ2) is 6.50. The number of aliphatic carboxylic acids is 1. The third-order valence-corrected chi connectivity index (χ3v) is 5.10. The van der Waals surface area contributed by atoms with Crippen molar-refractivity contribution in [1.82, 2.24) is 9.80 Å². The lowest BCUT2D eigenvalue weighted by Crippen LogP contribution is -2.50. The molecule has 1 N–H and O–H groups in total. The molecule has 0 radical (unpaired) electrons. The highest BCUT2D eigenvalue weighted by Crippen LogP contribution is 2.26. The zero-order valence-electron chi connectivity index (χ0n) is 11.4. The van der Waals surface area contributed by atoms with Crippen LogP contribution >= 0.6 is 11.8 Å². The van der Waals surface area contributed by atoms with Crippen LogP contribution in [0.25, 0.3) is 0 Å². The number of urea groups is 1. The Kier molecular flexibility index (Phi) is 4.96. The Hall–Kier alpha value is -0.910. The van der Waals surface area contributed by atoms with E-state index in [9.17, 15) is 9.59 Å². The Labute approximate surface area is 118 Å². The van der Waals surface area contributed by atoms with Gasteiger partial charge in [-0.2, -0.15) is 0 Å². The Morgan fingerprint density at radius 3 is 2.42 bits per heavy atom. The normalized spacial score (nSPS) is 25.1. The third-order valence-electron chi connectivity index (χ3n) is 4.09. The molecule has 1 saturated carbocycles. The van der Waals surface area contributed by atoms with E-state index in [-0.39, 0.29) is 12.1 Å². The summed E-state index contributed by atoms with van der Waals surface area (Å²) in [5, 5.41) is 9.14. The lowest BCUT2D eigenvalue weighted by atomic mass is 10.1. The molecule has 1 heterocycles. The molecule has 0 aromatic rings. The van der Waals surface area contributed by atoms with E-state index in [0.29, 0.717) is 11.6 Å². The summed E-state index contributed by atoms with van der Waals surface area (Å²) >= 11 is 1.51. The molecule has 2 rings (SSSR count). The van der Waals surface area contributed by atoms with Crippen molar-refractivity contribution in [2.24, 2.45) is 0 Å². The molecule has 108 valence electrons. The molecular formula is C13H22N2O3S. The average Bonchev–Trinajstić information content (AvgIpc) is 2.73. The van der Waals surface area contributed by atoms with E-state index in [4.69, 9.17) is 5.11 Å². The smallest absolute Gasteiger partial charge is 0.327 e. The van der Waals surface area contributed by atoms with Crippen LogP contribution in [0.5, 0.6) is 0 Å². The van der Waals surface area contributed by atoms with Crippen molar-refractivity contribution in [3.05, 3.63) is 0 Å². The number of rotatable bonds is 2. The summed E-state index contributed by atoms with van der Waals surface area (Å²) in [5.74, 6) is 0.0968. The first-order valence-electron chi connectivity index (χ1n) is 6.95. The predicted octanol–water partition coefficient (Wildman–Crippen LogP) is 2.22. The Balaban J connectivity index is 1.99. The molecule has 0 aromatic heterocycles. The number of nitrogens with zero attached hydrogens (tertiary/aromatic N) is 2. The zero-order valence-corrected chi connectivity index (χ0v) is 12.2. The van der Waals surface area contributed by atoms with Gasteiger partial charge in [0.1, 0.15) is 6.04 Å². The quantitative estimate of drug-likeness (QED) is 0.791. The van der Waals surface area contributed by atoms with Gasteiger partial charge in [0.05, 0.1) is 5.88 Å². The number of carbonyl (C=O) groups is 2. The maximum Gasteiger partial charge on any atom is 0.327 e. The fraction of sp³-hybridized carbons (Fsp3) is 0.846. The standard InChI is InChI=1S/C13H22N2O3S/c1-14(10-6-4-2-3-5-7-10)13(18)15-9-19-8-11(15)12(16)17/h10-11H,2-9H2,1H3,(H,16,17). The molecule has 1 aliphatic heterocycles. The molecular weight excluding hydrogens is 264 g/mol. The largest absolute Gasteiger partial charge is 0.480 e. The first kappa shape index (κ1) is 14.5. The maximum absolute atomic E-state index is 12.4. The van der Waals surface area contributed by atoms with E-state index in [0.717, 1.165) is 12.8 Å². The lowest BCUT2D eigenvalue weighted by Gasteiger charge is -2.32. The summed E-state index contributed by atoms with van der Waals surface area (Å²) in [4.78, 5) is 26.9. The van der Waals surface area contributed by atoms with Crippen molar-refractivity contribution >= 4 is 23.8 Å². The molecule has 2 amide bonds. The average molecular weight is 286 g/mol. The minimum Gasteiger partial charge on any atom is -0.480 e. The van der Waals surface area contributed by atoms with Crippen LogP contribution in [0.3, 0.4) is 0 Å². The molecule has 5 nitrogen and oxygen atoms in total. The van der Waals surface area contributed by atoms with Gasteiger partial charge in [-0.15, -0.1) is 11.8 Å². The summed E-state index contributed by atoms with van der Waals surface area (Å²) < 4.78 is 0. The van der Waals surface area contributed by atoms with E-state index in [2.05, 4.69) is 0 Å². The second-order valence-electron chi connectivity index (χ2n) is 5.36. The van der Waals surface area contributed by atoms with Crippen LogP contribution in [0, 0.1) is 0 Å². The van der Waals surface area contributed by atoms with Crippen LogP contribution in [0.15, 0.2) is 0 Å². The number of carboxylic acids is 1. The summed E-state index contributed by atoms with van der Waals surface area (Å²) in [6, 6.07) is -0.509. The van der Waals surface area contributed by atoms with Gasteiger partial charge in [0, 0.05) is 18.8 Å². The first-order chi connectivity index (χ1) is 9.11. The molecule has 0 spiro atoms. The number of carbonyl (C=O) groups excluding carboxylic acids is 1. The van der Waals surface area contributed by atoms with E-state index in [1.54, 1.807) is 4.90 Å². The van der Waals surface area contributed by atoms with Crippen LogP contribution in [0.4, 0.5) is 4.79 Å². The highest BCUT2D eigenvalue weighted by molar-refractivity contribution is 7.99.